The monoisotopic (exact) mass is 219 g/mol. The first-order valence-corrected chi connectivity index (χ1v) is 5.60. The number of pyridine rings is 1. The molecule has 2 N–H and O–H groups in total. The van der Waals surface area contributed by atoms with Crippen molar-refractivity contribution in [3.05, 3.63) is 39.5 Å². The van der Waals surface area contributed by atoms with E-state index in [0.29, 0.717) is 5.82 Å². The molecule has 0 aliphatic carbocycles. The van der Waals surface area contributed by atoms with Crippen LogP contribution in [-0.4, -0.2) is 9.97 Å². The lowest BCUT2D eigenvalue weighted by Crippen LogP contribution is -1.97. The predicted molar refractivity (Wildman–Crippen MR) is 63.0 cm³/mol. The molecule has 0 aromatic carbocycles. The van der Waals surface area contributed by atoms with Crippen molar-refractivity contribution in [2.45, 2.75) is 20.3 Å². The second-order valence-corrected chi connectivity index (χ2v) is 4.76. The average Bonchev–Trinajstić information content (AvgIpc) is 2.50. The highest BCUT2D eigenvalue weighted by atomic mass is 32.1. The Morgan fingerprint density at radius 1 is 1.40 bits per heavy atom. The molecule has 3 nitrogen and oxygen atoms in total. The topological polar surface area (TPSA) is 51.8 Å². The van der Waals surface area contributed by atoms with Crippen molar-refractivity contribution < 1.29 is 0 Å². The summed E-state index contributed by atoms with van der Waals surface area (Å²) in [6, 6.07) is 3.90. The van der Waals surface area contributed by atoms with Gasteiger partial charge in [-0.05, 0) is 19.9 Å². The molecule has 0 bridgehead atoms. The van der Waals surface area contributed by atoms with E-state index in [2.05, 4.69) is 16.9 Å². The molecule has 0 spiro atoms. The van der Waals surface area contributed by atoms with Crippen molar-refractivity contribution in [2.75, 3.05) is 5.73 Å². The maximum Gasteiger partial charge on any atom is 0.126 e. The van der Waals surface area contributed by atoms with Gasteiger partial charge in [0.1, 0.15) is 5.82 Å². The number of thiazole rings is 1. The van der Waals surface area contributed by atoms with Crippen molar-refractivity contribution in [1.29, 1.82) is 0 Å². The molecule has 15 heavy (non-hydrogen) atoms. The van der Waals surface area contributed by atoms with Gasteiger partial charge in [0.05, 0.1) is 10.7 Å². The molecule has 2 heterocycles. The van der Waals surface area contributed by atoms with E-state index < -0.39 is 0 Å². The Labute approximate surface area is 93.0 Å². The predicted octanol–water partition coefficient (Wildman–Crippen LogP) is 2.33. The summed E-state index contributed by atoms with van der Waals surface area (Å²) in [7, 11) is 0. The Kier molecular flexibility index (Phi) is 2.68. The maximum absolute atomic E-state index is 5.78. The normalized spacial score (nSPS) is 10.5. The van der Waals surface area contributed by atoms with E-state index in [1.807, 2.05) is 19.1 Å². The highest BCUT2D eigenvalue weighted by Crippen LogP contribution is 2.21. The third kappa shape index (κ3) is 2.15. The summed E-state index contributed by atoms with van der Waals surface area (Å²) < 4.78 is 0. The van der Waals surface area contributed by atoms with Crippen LogP contribution in [0.3, 0.4) is 0 Å². The lowest BCUT2D eigenvalue weighted by atomic mass is 10.2. The van der Waals surface area contributed by atoms with Crippen LogP contribution in [0.5, 0.6) is 0 Å². The van der Waals surface area contributed by atoms with Gasteiger partial charge in [-0.2, -0.15) is 0 Å². The van der Waals surface area contributed by atoms with Gasteiger partial charge in [-0.15, -0.1) is 11.3 Å². The molecule has 0 aliphatic rings. The molecular formula is C11H13N3S. The Hall–Kier alpha value is -1.42. The molecule has 0 amide bonds. The van der Waals surface area contributed by atoms with E-state index in [-0.39, 0.29) is 0 Å². The Morgan fingerprint density at radius 2 is 2.20 bits per heavy atom. The fourth-order valence-corrected chi connectivity index (χ4v) is 2.34. The van der Waals surface area contributed by atoms with Crippen molar-refractivity contribution in [3.63, 3.8) is 0 Å². The SMILES string of the molecule is Cc1nc(Cc2cccnc2N)sc1C. The quantitative estimate of drug-likeness (QED) is 0.843. The van der Waals surface area contributed by atoms with Crippen molar-refractivity contribution in [1.82, 2.24) is 9.97 Å². The van der Waals surface area contributed by atoms with Gasteiger partial charge in [-0.1, -0.05) is 6.07 Å². The fraction of sp³-hybridized carbons (Fsp3) is 0.273. The number of rotatable bonds is 2. The van der Waals surface area contributed by atoms with Crippen LogP contribution in [0, 0.1) is 13.8 Å². The van der Waals surface area contributed by atoms with Crippen LogP contribution < -0.4 is 5.73 Å². The number of anilines is 1. The largest absolute Gasteiger partial charge is 0.383 e. The Balaban J connectivity index is 2.26. The van der Waals surface area contributed by atoms with Crippen LogP contribution in [0.15, 0.2) is 18.3 Å². The van der Waals surface area contributed by atoms with E-state index in [1.165, 1.54) is 4.88 Å². The summed E-state index contributed by atoms with van der Waals surface area (Å²) in [4.78, 5) is 9.81. The highest BCUT2D eigenvalue weighted by molar-refractivity contribution is 7.11. The van der Waals surface area contributed by atoms with Gasteiger partial charge in [0.15, 0.2) is 0 Å². The van der Waals surface area contributed by atoms with Crippen LogP contribution >= 0.6 is 11.3 Å². The summed E-state index contributed by atoms with van der Waals surface area (Å²) in [6.07, 6.45) is 2.48. The molecule has 0 unspecified atom stereocenters. The van der Waals surface area contributed by atoms with Crippen LogP contribution in [-0.2, 0) is 6.42 Å². The maximum atomic E-state index is 5.78. The first-order chi connectivity index (χ1) is 7.16. The first kappa shape index (κ1) is 10.1. The highest BCUT2D eigenvalue weighted by Gasteiger charge is 2.06. The molecule has 0 fully saturated rings. The first-order valence-electron chi connectivity index (χ1n) is 4.79. The van der Waals surface area contributed by atoms with E-state index in [4.69, 9.17) is 5.73 Å². The van der Waals surface area contributed by atoms with Gasteiger partial charge in [0, 0.05) is 23.1 Å². The molecular weight excluding hydrogens is 206 g/mol. The van der Waals surface area contributed by atoms with E-state index in [9.17, 15) is 0 Å². The number of hydrogen-bond donors (Lipinski definition) is 1. The molecule has 4 heteroatoms. The van der Waals surface area contributed by atoms with Crippen LogP contribution in [0.4, 0.5) is 5.82 Å². The zero-order valence-corrected chi connectivity index (χ0v) is 9.64. The number of nitrogen functional groups attached to an aromatic ring is 1. The van der Waals surface area contributed by atoms with Gasteiger partial charge < -0.3 is 5.73 Å². The van der Waals surface area contributed by atoms with Gasteiger partial charge in [-0.25, -0.2) is 9.97 Å². The van der Waals surface area contributed by atoms with E-state index in [1.54, 1.807) is 17.5 Å². The molecule has 0 atom stereocenters. The summed E-state index contributed by atoms with van der Waals surface area (Å²) in [5.41, 5.74) is 7.94. The number of aromatic nitrogens is 2. The number of hydrogen-bond acceptors (Lipinski definition) is 4. The molecule has 0 aliphatic heterocycles. The van der Waals surface area contributed by atoms with Crippen molar-refractivity contribution in [2.24, 2.45) is 0 Å². The summed E-state index contributed by atoms with van der Waals surface area (Å²) in [5.74, 6) is 0.600. The van der Waals surface area contributed by atoms with Gasteiger partial charge in [0.2, 0.25) is 0 Å². The third-order valence-electron chi connectivity index (χ3n) is 2.34. The molecule has 0 radical (unpaired) electrons. The van der Waals surface area contributed by atoms with E-state index >= 15 is 0 Å². The van der Waals surface area contributed by atoms with Gasteiger partial charge in [-0.3, -0.25) is 0 Å². The standard InChI is InChI=1S/C11H13N3S/c1-7-8(2)15-10(14-7)6-9-4-3-5-13-11(9)12/h3-5H,6H2,1-2H3,(H2,12,13). The third-order valence-corrected chi connectivity index (χ3v) is 3.41. The summed E-state index contributed by atoms with van der Waals surface area (Å²) in [5, 5.41) is 1.10. The molecule has 2 aromatic rings. The average molecular weight is 219 g/mol. The minimum atomic E-state index is 0.600. The van der Waals surface area contributed by atoms with Crippen LogP contribution in [0.25, 0.3) is 0 Å². The molecule has 2 rings (SSSR count). The molecule has 78 valence electrons. The molecule has 0 saturated carbocycles. The zero-order chi connectivity index (χ0) is 10.8. The smallest absolute Gasteiger partial charge is 0.126 e. The Morgan fingerprint density at radius 3 is 2.80 bits per heavy atom. The number of aryl methyl sites for hydroxylation is 2. The minimum absolute atomic E-state index is 0.600. The zero-order valence-electron chi connectivity index (χ0n) is 8.82. The minimum Gasteiger partial charge on any atom is -0.383 e. The van der Waals surface area contributed by atoms with Crippen molar-refractivity contribution in [3.8, 4) is 0 Å². The fourth-order valence-electron chi connectivity index (χ4n) is 1.38. The lowest BCUT2D eigenvalue weighted by molar-refractivity contribution is 1.08. The van der Waals surface area contributed by atoms with Crippen LogP contribution in [0.2, 0.25) is 0 Å². The number of nitrogens with two attached hydrogens (primary N) is 1. The second-order valence-electron chi connectivity index (χ2n) is 3.47. The molecule has 2 aromatic heterocycles. The van der Waals surface area contributed by atoms with Gasteiger partial charge in [0.25, 0.3) is 0 Å². The van der Waals surface area contributed by atoms with E-state index in [0.717, 1.165) is 22.7 Å². The molecule has 0 saturated heterocycles. The summed E-state index contributed by atoms with van der Waals surface area (Å²) >= 11 is 1.72. The Bertz CT molecular complexity index is 457. The second kappa shape index (κ2) is 3.98. The lowest BCUT2D eigenvalue weighted by Gasteiger charge is -2.00. The van der Waals surface area contributed by atoms with Crippen LogP contribution in [0.1, 0.15) is 21.1 Å². The number of nitrogens with zero attached hydrogens (tertiary/aromatic N) is 2. The summed E-state index contributed by atoms with van der Waals surface area (Å²) in [6.45, 7) is 4.12. The van der Waals surface area contributed by atoms with Crippen molar-refractivity contribution >= 4 is 17.2 Å². The van der Waals surface area contributed by atoms with Gasteiger partial charge >= 0.3 is 0 Å².